The zero-order chi connectivity index (χ0) is 16.9. The molecule has 1 aromatic carbocycles. The van der Waals surface area contributed by atoms with Crippen LogP contribution in [-0.4, -0.2) is 28.9 Å². The third-order valence-electron chi connectivity index (χ3n) is 3.56. The number of imide groups is 1. The Morgan fingerprint density at radius 2 is 2.04 bits per heavy atom. The Bertz CT molecular complexity index is 756. The minimum Gasteiger partial charge on any atom is -0.444 e. The molecule has 124 valence electrons. The summed E-state index contributed by atoms with van der Waals surface area (Å²) in [7, 11) is 0. The fraction of sp³-hybridized carbons (Fsp3) is 0.250. The van der Waals surface area contributed by atoms with E-state index in [0.717, 1.165) is 5.56 Å². The van der Waals surface area contributed by atoms with Crippen molar-refractivity contribution >= 4 is 17.8 Å². The van der Waals surface area contributed by atoms with E-state index in [4.69, 9.17) is 4.42 Å². The molecule has 2 heterocycles. The molecule has 1 unspecified atom stereocenters. The van der Waals surface area contributed by atoms with Crippen LogP contribution >= 0.6 is 0 Å². The van der Waals surface area contributed by atoms with E-state index in [2.05, 4.69) is 20.9 Å². The second-order valence-electron chi connectivity index (χ2n) is 5.34. The summed E-state index contributed by atoms with van der Waals surface area (Å²) in [6.45, 7) is 0.235. The SMILES string of the molecule is O=C(CCC1NC(=O)NC1=O)NCc1coc(-c2ccccc2)n1. The molecule has 2 aromatic rings. The number of carbonyl (C=O) groups is 3. The van der Waals surface area contributed by atoms with Gasteiger partial charge in [0, 0.05) is 12.0 Å². The van der Waals surface area contributed by atoms with Gasteiger partial charge in [0.15, 0.2) is 0 Å². The molecule has 1 aliphatic rings. The second kappa shape index (κ2) is 6.95. The lowest BCUT2D eigenvalue weighted by Crippen LogP contribution is -2.31. The molecule has 3 rings (SSSR count). The van der Waals surface area contributed by atoms with Gasteiger partial charge >= 0.3 is 6.03 Å². The van der Waals surface area contributed by atoms with Crippen LogP contribution in [0, 0.1) is 0 Å². The Hall–Kier alpha value is -3.16. The van der Waals surface area contributed by atoms with E-state index in [0.29, 0.717) is 11.6 Å². The van der Waals surface area contributed by atoms with Crippen LogP contribution < -0.4 is 16.0 Å². The third kappa shape index (κ3) is 3.78. The van der Waals surface area contributed by atoms with Crippen molar-refractivity contribution in [1.82, 2.24) is 20.9 Å². The van der Waals surface area contributed by atoms with Gasteiger partial charge in [0.1, 0.15) is 12.3 Å². The molecule has 0 radical (unpaired) electrons. The molecule has 1 aliphatic heterocycles. The minimum absolute atomic E-state index is 0.127. The first-order chi connectivity index (χ1) is 11.6. The van der Waals surface area contributed by atoms with Crippen molar-refractivity contribution in [1.29, 1.82) is 0 Å². The van der Waals surface area contributed by atoms with E-state index < -0.39 is 18.0 Å². The van der Waals surface area contributed by atoms with E-state index in [1.54, 1.807) is 0 Å². The lowest BCUT2D eigenvalue weighted by molar-refractivity contribution is -0.122. The highest BCUT2D eigenvalue weighted by Gasteiger charge is 2.29. The molecule has 8 heteroatoms. The second-order valence-corrected chi connectivity index (χ2v) is 5.34. The quantitative estimate of drug-likeness (QED) is 0.683. The monoisotopic (exact) mass is 328 g/mol. The highest BCUT2D eigenvalue weighted by atomic mass is 16.3. The first-order valence-corrected chi connectivity index (χ1v) is 7.50. The van der Waals surface area contributed by atoms with Crippen molar-refractivity contribution in [3.63, 3.8) is 0 Å². The normalized spacial score (nSPS) is 16.6. The number of carbonyl (C=O) groups excluding carboxylic acids is 3. The maximum atomic E-state index is 11.8. The largest absolute Gasteiger partial charge is 0.444 e. The van der Waals surface area contributed by atoms with E-state index in [1.807, 2.05) is 30.3 Å². The summed E-state index contributed by atoms with van der Waals surface area (Å²) in [4.78, 5) is 38.5. The van der Waals surface area contributed by atoms with Crippen LogP contribution in [0.25, 0.3) is 11.5 Å². The molecule has 24 heavy (non-hydrogen) atoms. The standard InChI is InChI=1S/C16H16N4O4/c21-13(7-6-12-14(22)20-16(23)19-12)17-8-11-9-24-15(18-11)10-4-2-1-3-5-10/h1-5,9,12H,6-8H2,(H,17,21)(H2,19,20,22,23). The van der Waals surface area contributed by atoms with Crippen LogP contribution in [0.5, 0.6) is 0 Å². The number of hydrogen-bond acceptors (Lipinski definition) is 5. The molecule has 0 spiro atoms. The van der Waals surface area contributed by atoms with Crippen LogP contribution in [0.2, 0.25) is 0 Å². The summed E-state index contributed by atoms with van der Waals surface area (Å²) in [5, 5.41) is 7.28. The molecule has 1 saturated heterocycles. The van der Waals surface area contributed by atoms with Crippen molar-refractivity contribution in [3.8, 4) is 11.5 Å². The average molecular weight is 328 g/mol. The van der Waals surface area contributed by atoms with Gasteiger partial charge in [0.2, 0.25) is 11.8 Å². The summed E-state index contributed by atoms with van der Waals surface area (Å²) in [5.74, 6) is -0.143. The molecule has 0 aliphatic carbocycles. The minimum atomic E-state index is -0.653. The molecule has 8 nitrogen and oxygen atoms in total. The van der Waals surface area contributed by atoms with Crippen LogP contribution in [0.3, 0.4) is 0 Å². The number of hydrogen-bond donors (Lipinski definition) is 3. The molecule has 0 saturated carbocycles. The summed E-state index contributed by atoms with van der Waals surface area (Å²) in [6.07, 6.45) is 1.87. The number of urea groups is 1. The van der Waals surface area contributed by atoms with Gasteiger partial charge in [-0.05, 0) is 18.6 Å². The van der Waals surface area contributed by atoms with Gasteiger partial charge in [-0.1, -0.05) is 18.2 Å². The number of amides is 4. The lowest BCUT2D eigenvalue weighted by Gasteiger charge is -2.06. The summed E-state index contributed by atoms with van der Waals surface area (Å²) < 4.78 is 5.39. The number of aromatic nitrogens is 1. The van der Waals surface area contributed by atoms with Gasteiger partial charge in [-0.25, -0.2) is 9.78 Å². The molecule has 3 N–H and O–H groups in total. The van der Waals surface area contributed by atoms with Gasteiger partial charge in [0.25, 0.3) is 5.91 Å². The highest BCUT2D eigenvalue weighted by molar-refractivity contribution is 6.04. The van der Waals surface area contributed by atoms with Crippen molar-refractivity contribution in [3.05, 3.63) is 42.3 Å². The summed E-state index contributed by atoms with van der Waals surface area (Å²) in [5.41, 5.74) is 1.46. The molecule has 4 amide bonds. The zero-order valence-corrected chi connectivity index (χ0v) is 12.7. The highest BCUT2D eigenvalue weighted by Crippen LogP contribution is 2.17. The van der Waals surface area contributed by atoms with Crippen molar-refractivity contribution < 1.29 is 18.8 Å². The molecule has 1 aromatic heterocycles. The van der Waals surface area contributed by atoms with Crippen LogP contribution in [-0.2, 0) is 16.1 Å². The predicted molar refractivity (Wildman–Crippen MR) is 83.5 cm³/mol. The Balaban J connectivity index is 1.46. The number of oxazole rings is 1. The number of nitrogens with one attached hydrogen (secondary N) is 3. The molecular formula is C16H16N4O4. The van der Waals surface area contributed by atoms with E-state index >= 15 is 0 Å². The molecular weight excluding hydrogens is 312 g/mol. The summed E-state index contributed by atoms with van der Waals surface area (Å²) in [6, 6.07) is 8.27. The van der Waals surface area contributed by atoms with Gasteiger partial charge in [-0.2, -0.15) is 0 Å². The molecule has 0 bridgehead atoms. The topological polar surface area (TPSA) is 113 Å². The van der Waals surface area contributed by atoms with E-state index in [1.165, 1.54) is 6.26 Å². The third-order valence-corrected chi connectivity index (χ3v) is 3.56. The molecule has 1 atom stereocenters. The fourth-order valence-corrected chi connectivity index (χ4v) is 2.32. The first-order valence-electron chi connectivity index (χ1n) is 7.50. The first kappa shape index (κ1) is 15.7. The zero-order valence-electron chi connectivity index (χ0n) is 12.7. The van der Waals surface area contributed by atoms with Crippen LogP contribution in [0.15, 0.2) is 41.0 Å². The Kier molecular flexibility index (Phi) is 4.55. The van der Waals surface area contributed by atoms with Crippen LogP contribution in [0.4, 0.5) is 4.79 Å². The maximum Gasteiger partial charge on any atom is 0.322 e. The Morgan fingerprint density at radius 1 is 1.25 bits per heavy atom. The van der Waals surface area contributed by atoms with Gasteiger partial charge < -0.3 is 15.1 Å². The lowest BCUT2D eigenvalue weighted by atomic mass is 10.1. The smallest absolute Gasteiger partial charge is 0.322 e. The predicted octanol–water partition coefficient (Wildman–Crippen LogP) is 0.946. The van der Waals surface area contributed by atoms with Gasteiger partial charge in [0.05, 0.1) is 12.2 Å². The van der Waals surface area contributed by atoms with E-state index in [-0.39, 0.29) is 25.3 Å². The number of rotatable bonds is 6. The van der Waals surface area contributed by atoms with Gasteiger partial charge in [-0.3, -0.25) is 14.9 Å². The van der Waals surface area contributed by atoms with E-state index in [9.17, 15) is 14.4 Å². The number of benzene rings is 1. The average Bonchev–Trinajstić information content (AvgIpc) is 3.18. The van der Waals surface area contributed by atoms with Crippen LogP contribution in [0.1, 0.15) is 18.5 Å². The van der Waals surface area contributed by atoms with Crippen molar-refractivity contribution in [2.45, 2.75) is 25.4 Å². The van der Waals surface area contributed by atoms with Gasteiger partial charge in [-0.15, -0.1) is 0 Å². The summed E-state index contributed by atoms with van der Waals surface area (Å²) >= 11 is 0. The fourth-order valence-electron chi connectivity index (χ4n) is 2.32. The van der Waals surface area contributed by atoms with Crippen molar-refractivity contribution in [2.24, 2.45) is 0 Å². The maximum absolute atomic E-state index is 11.8. The molecule has 1 fully saturated rings. The Labute approximate surface area is 137 Å². The Morgan fingerprint density at radius 3 is 2.75 bits per heavy atom. The number of nitrogens with zero attached hydrogens (tertiary/aromatic N) is 1. The van der Waals surface area contributed by atoms with Crippen molar-refractivity contribution in [2.75, 3.05) is 0 Å².